The topological polar surface area (TPSA) is 29.3 Å². The first-order valence-corrected chi connectivity index (χ1v) is 7.44. The van der Waals surface area contributed by atoms with Gasteiger partial charge in [-0.1, -0.05) is 17.7 Å². The average Bonchev–Trinajstić information content (AvgIpc) is 2.74. The highest BCUT2D eigenvalue weighted by Gasteiger charge is 2.08. The fraction of sp³-hybridized carbons (Fsp3) is 0.133. The minimum atomic E-state index is 0.706. The van der Waals surface area contributed by atoms with Crippen LogP contribution in [0, 0.1) is 6.92 Å². The van der Waals surface area contributed by atoms with Crippen molar-refractivity contribution in [1.29, 1.82) is 0 Å². The molecule has 20 heavy (non-hydrogen) atoms. The summed E-state index contributed by atoms with van der Waals surface area (Å²) in [7, 11) is 0. The summed E-state index contributed by atoms with van der Waals surface area (Å²) in [5, 5.41) is 4.13. The third-order valence-corrected chi connectivity index (χ3v) is 4.10. The van der Waals surface area contributed by atoms with Crippen LogP contribution in [0.25, 0.3) is 5.65 Å². The number of imidazole rings is 1. The maximum Gasteiger partial charge on any atom is 0.137 e. The van der Waals surface area contributed by atoms with Crippen LogP contribution in [0.3, 0.4) is 0 Å². The first-order valence-electron chi connectivity index (χ1n) is 6.26. The van der Waals surface area contributed by atoms with Crippen LogP contribution in [-0.2, 0) is 6.54 Å². The van der Waals surface area contributed by atoms with Crippen molar-refractivity contribution < 1.29 is 0 Å². The van der Waals surface area contributed by atoms with Gasteiger partial charge in [-0.3, -0.25) is 0 Å². The van der Waals surface area contributed by atoms with Gasteiger partial charge in [-0.05, 0) is 53.2 Å². The van der Waals surface area contributed by atoms with Gasteiger partial charge in [0.15, 0.2) is 0 Å². The van der Waals surface area contributed by atoms with E-state index in [0.717, 1.165) is 27.2 Å². The number of hydrogen-bond acceptors (Lipinski definition) is 2. The highest BCUT2D eigenvalue weighted by atomic mass is 79.9. The molecule has 0 amide bonds. The van der Waals surface area contributed by atoms with E-state index >= 15 is 0 Å². The molecule has 102 valence electrons. The second-order valence-corrected chi connectivity index (χ2v) is 5.84. The predicted octanol–water partition coefficient (Wildman–Crippen LogP) is 4.67. The zero-order valence-corrected chi connectivity index (χ0v) is 13.2. The van der Waals surface area contributed by atoms with Crippen molar-refractivity contribution >= 4 is 38.9 Å². The summed E-state index contributed by atoms with van der Waals surface area (Å²) < 4.78 is 3.06. The van der Waals surface area contributed by atoms with Crippen LogP contribution in [0.1, 0.15) is 11.4 Å². The van der Waals surface area contributed by atoms with Gasteiger partial charge in [0.2, 0.25) is 0 Å². The smallest absolute Gasteiger partial charge is 0.137 e. The van der Waals surface area contributed by atoms with E-state index in [9.17, 15) is 0 Å². The summed E-state index contributed by atoms with van der Waals surface area (Å²) in [6, 6.07) is 11.7. The monoisotopic (exact) mass is 349 g/mol. The number of halogens is 2. The van der Waals surface area contributed by atoms with E-state index < -0.39 is 0 Å². The second-order valence-electron chi connectivity index (χ2n) is 4.55. The zero-order chi connectivity index (χ0) is 14.1. The zero-order valence-electron chi connectivity index (χ0n) is 10.9. The Bertz CT molecular complexity index is 767. The number of pyridine rings is 1. The van der Waals surface area contributed by atoms with Gasteiger partial charge in [0, 0.05) is 21.4 Å². The van der Waals surface area contributed by atoms with Crippen molar-refractivity contribution in [2.24, 2.45) is 0 Å². The third kappa shape index (κ3) is 2.53. The molecular weight excluding hydrogens is 338 g/mol. The molecule has 0 bridgehead atoms. The van der Waals surface area contributed by atoms with E-state index in [4.69, 9.17) is 11.6 Å². The van der Waals surface area contributed by atoms with E-state index in [1.54, 1.807) is 0 Å². The average molecular weight is 351 g/mol. The minimum absolute atomic E-state index is 0.706. The van der Waals surface area contributed by atoms with Crippen LogP contribution in [0.4, 0.5) is 5.69 Å². The molecule has 0 saturated heterocycles. The number of hydrogen-bond donors (Lipinski definition) is 1. The molecule has 3 rings (SSSR count). The minimum Gasteiger partial charge on any atom is -0.378 e. The lowest BCUT2D eigenvalue weighted by Gasteiger charge is -2.09. The summed E-state index contributed by atoms with van der Waals surface area (Å²) >= 11 is 9.46. The van der Waals surface area contributed by atoms with Crippen molar-refractivity contribution in [3.63, 3.8) is 0 Å². The summed E-state index contributed by atoms with van der Waals surface area (Å²) in [5.41, 5.74) is 4.17. The number of fused-ring (bicyclic) bond motifs is 1. The Hall–Kier alpha value is -1.52. The van der Waals surface area contributed by atoms with Crippen molar-refractivity contribution in [2.75, 3.05) is 5.32 Å². The molecule has 0 aliphatic heterocycles. The van der Waals surface area contributed by atoms with Gasteiger partial charge in [0.05, 0.1) is 17.9 Å². The number of aromatic nitrogens is 2. The maximum absolute atomic E-state index is 5.95. The Morgan fingerprint density at radius 1 is 1.30 bits per heavy atom. The van der Waals surface area contributed by atoms with Gasteiger partial charge in [0.25, 0.3) is 0 Å². The molecule has 0 atom stereocenters. The molecule has 3 nitrogen and oxygen atoms in total. The van der Waals surface area contributed by atoms with Crippen LogP contribution in [0.15, 0.2) is 47.1 Å². The second kappa shape index (κ2) is 5.46. The Kier molecular flexibility index (Phi) is 3.68. The molecule has 2 aromatic heterocycles. The van der Waals surface area contributed by atoms with Gasteiger partial charge < -0.3 is 9.72 Å². The van der Waals surface area contributed by atoms with E-state index in [2.05, 4.69) is 30.6 Å². The number of nitrogens with one attached hydrogen (secondary N) is 1. The van der Waals surface area contributed by atoms with Gasteiger partial charge in [0.1, 0.15) is 5.65 Å². The van der Waals surface area contributed by atoms with E-state index in [-0.39, 0.29) is 0 Å². The van der Waals surface area contributed by atoms with E-state index in [1.165, 1.54) is 0 Å². The number of anilines is 1. The lowest BCUT2D eigenvalue weighted by molar-refractivity contribution is 0.986. The number of benzene rings is 1. The normalized spacial score (nSPS) is 10.9. The standard InChI is InChI=1S/C15H13BrClN3/c1-10-14(20-7-3-2-4-15(20)19-10)9-18-13-6-5-11(17)8-12(13)16/h2-8,18H,9H2,1H3. The third-order valence-electron chi connectivity index (χ3n) is 3.21. The van der Waals surface area contributed by atoms with Crippen LogP contribution in [0.2, 0.25) is 5.02 Å². The van der Waals surface area contributed by atoms with Gasteiger partial charge in [-0.2, -0.15) is 0 Å². The summed E-state index contributed by atoms with van der Waals surface area (Å²) in [6.45, 7) is 2.73. The number of nitrogens with zero attached hydrogens (tertiary/aromatic N) is 2. The van der Waals surface area contributed by atoms with Crippen LogP contribution in [-0.4, -0.2) is 9.38 Å². The summed E-state index contributed by atoms with van der Waals surface area (Å²) in [6.07, 6.45) is 2.03. The van der Waals surface area contributed by atoms with Crippen LogP contribution in [0.5, 0.6) is 0 Å². The molecule has 1 aromatic carbocycles. The SMILES string of the molecule is Cc1nc2ccccn2c1CNc1ccc(Cl)cc1Br. The molecule has 0 aliphatic carbocycles. The summed E-state index contributed by atoms with van der Waals surface area (Å²) in [5.74, 6) is 0. The first-order chi connectivity index (χ1) is 9.65. The fourth-order valence-corrected chi connectivity index (χ4v) is 3.01. The number of aryl methyl sites for hydroxylation is 1. The van der Waals surface area contributed by atoms with E-state index in [0.29, 0.717) is 11.6 Å². The molecule has 2 heterocycles. The molecule has 0 fully saturated rings. The molecule has 0 radical (unpaired) electrons. The molecule has 0 aliphatic rings. The number of rotatable bonds is 3. The van der Waals surface area contributed by atoms with Gasteiger partial charge in [-0.25, -0.2) is 4.98 Å². The Balaban J connectivity index is 1.88. The lowest BCUT2D eigenvalue weighted by atomic mass is 10.3. The molecule has 5 heteroatoms. The Morgan fingerprint density at radius 2 is 2.15 bits per heavy atom. The molecule has 0 spiro atoms. The molecule has 0 unspecified atom stereocenters. The largest absolute Gasteiger partial charge is 0.378 e. The van der Waals surface area contributed by atoms with Gasteiger partial charge in [-0.15, -0.1) is 0 Å². The van der Waals surface area contributed by atoms with E-state index in [1.807, 2.05) is 49.5 Å². The highest BCUT2D eigenvalue weighted by Crippen LogP contribution is 2.26. The van der Waals surface area contributed by atoms with Gasteiger partial charge >= 0.3 is 0 Å². The Labute approximate surface area is 130 Å². The van der Waals surface area contributed by atoms with Crippen molar-refractivity contribution in [2.45, 2.75) is 13.5 Å². The van der Waals surface area contributed by atoms with Crippen LogP contribution >= 0.6 is 27.5 Å². The lowest BCUT2D eigenvalue weighted by Crippen LogP contribution is -2.04. The maximum atomic E-state index is 5.95. The quantitative estimate of drug-likeness (QED) is 0.743. The first kappa shape index (κ1) is 13.5. The fourth-order valence-electron chi connectivity index (χ4n) is 2.19. The summed E-state index contributed by atoms with van der Waals surface area (Å²) in [4.78, 5) is 4.55. The van der Waals surface area contributed by atoms with Crippen LogP contribution < -0.4 is 5.32 Å². The molecule has 1 N–H and O–H groups in total. The molecule has 0 saturated carbocycles. The van der Waals surface area contributed by atoms with Crippen molar-refractivity contribution in [3.8, 4) is 0 Å². The van der Waals surface area contributed by atoms with Crippen molar-refractivity contribution in [1.82, 2.24) is 9.38 Å². The van der Waals surface area contributed by atoms with Crippen molar-refractivity contribution in [3.05, 3.63) is 63.5 Å². The molecular formula is C15H13BrClN3. The predicted molar refractivity (Wildman–Crippen MR) is 86.4 cm³/mol. The molecule has 3 aromatic rings. The highest BCUT2D eigenvalue weighted by molar-refractivity contribution is 9.10. The Morgan fingerprint density at radius 3 is 2.95 bits per heavy atom.